The molecule has 0 aliphatic carbocycles. The topological polar surface area (TPSA) is 118 Å². The molecule has 1 saturated heterocycles. The minimum absolute atomic E-state index is 0.0850. The number of carbonyl (C=O) groups is 3. The van der Waals surface area contributed by atoms with Gasteiger partial charge >= 0.3 is 12.2 Å². The monoisotopic (exact) mass is 474 g/mol. The van der Waals surface area contributed by atoms with Gasteiger partial charge in [-0.05, 0) is 32.9 Å². The molecule has 0 spiro atoms. The lowest BCUT2D eigenvalue weighted by molar-refractivity contribution is 0.00907. The average Bonchev–Trinajstić information content (AvgIpc) is 3.05. The number of anilines is 1. The van der Waals surface area contributed by atoms with E-state index in [1.54, 1.807) is 37.8 Å². The molecule has 4 rings (SSSR count). The lowest BCUT2D eigenvalue weighted by Crippen LogP contribution is -2.52. The number of carbonyl (C=O) groups excluding carboxylic acids is 3. The van der Waals surface area contributed by atoms with Gasteiger partial charge in [0.1, 0.15) is 17.1 Å². The number of ether oxygens (including phenoxy) is 2. The number of hydrogen-bond donors (Lipinski definition) is 0. The summed E-state index contributed by atoms with van der Waals surface area (Å²) in [5, 5.41) is 0.399. The molecule has 33 heavy (non-hydrogen) atoms. The van der Waals surface area contributed by atoms with E-state index in [0.717, 1.165) is 0 Å². The number of piperazine rings is 1. The summed E-state index contributed by atoms with van der Waals surface area (Å²) in [7, 11) is 0. The minimum atomic E-state index is -1.13. The van der Waals surface area contributed by atoms with Crippen LogP contribution >= 0.6 is 11.6 Å². The van der Waals surface area contributed by atoms with Crippen LogP contribution in [0.5, 0.6) is 0 Å². The van der Waals surface area contributed by atoms with Gasteiger partial charge in [0, 0.05) is 44.8 Å². The fourth-order valence-electron chi connectivity index (χ4n) is 3.45. The summed E-state index contributed by atoms with van der Waals surface area (Å²) in [6.45, 7) is 6.49. The summed E-state index contributed by atoms with van der Waals surface area (Å²) < 4.78 is 11.1. The predicted molar refractivity (Wildman–Crippen MR) is 117 cm³/mol. The zero-order valence-corrected chi connectivity index (χ0v) is 19.2. The molecule has 12 heteroatoms. The molecule has 0 unspecified atom stereocenters. The van der Waals surface area contributed by atoms with Crippen molar-refractivity contribution in [1.29, 1.82) is 0 Å². The number of aromatic nitrogens is 3. The molecule has 174 valence electrons. The van der Waals surface area contributed by atoms with E-state index in [0.29, 0.717) is 18.1 Å². The molecule has 0 aromatic carbocycles. The standard InChI is InChI=1S/C21H23ClN6O5/c1-21(2,3)33-20(31)27-10-8-26(9-11-27)19(30)32-18-16-15(23-6-7-24-16)17(29)28(18)14-5-4-13(22)12-25-14/h4-7,12,18H,8-11H2,1-3H3/t18-/m0/s1. The van der Waals surface area contributed by atoms with Gasteiger partial charge in [0.15, 0.2) is 5.69 Å². The fourth-order valence-corrected chi connectivity index (χ4v) is 3.56. The zero-order valence-electron chi connectivity index (χ0n) is 18.4. The fraction of sp³-hybridized carbons (Fsp3) is 0.429. The summed E-state index contributed by atoms with van der Waals surface area (Å²) in [4.78, 5) is 54.9. The van der Waals surface area contributed by atoms with Crippen LogP contribution in [0.15, 0.2) is 30.7 Å². The lowest BCUT2D eigenvalue weighted by atomic mass is 10.2. The lowest BCUT2D eigenvalue weighted by Gasteiger charge is -2.35. The van der Waals surface area contributed by atoms with Gasteiger partial charge in [-0.1, -0.05) is 11.6 Å². The minimum Gasteiger partial charge on any atom is -0.444 e. The first-order valence-electron chi connectivity index (χ1n) is 10.3. The number of amides is 3. The van der Waals surface area contributed by atoms with E-state index < -0.39 is 29.9 Å². The Bertz CT molecular complexity index is 1070. The first kappa shape index (κ1) is 22.7. The van der Waals surface area contributed by atoms with Crippen molar-refractivity contribution in [2.75, 3.05) is 31.1 Å². The second-order valence-electron chi connectivity index (χ2n) is 8.49. The average molecular weight is 475 g/mol. The molecule has 0 bridgehead atoms. The molecule has 4 heterocycles. The Hall–Kier alpha value is -3.47. The SMILES string of the molecule is CC(C)(C)OC(=O)N1CCN(C(=O)O[C@H]2c3nccnc3C(=O)N2c2ccc(Cl)cn2)CC1. The summed E-state index contributed by atoms with van der Waals surface area (Å²) in [6.07, 6.45) is 2.00. The first-order valence-corrected chi connectivity index (χ1v) is 10.7. The van der Waals surface area contributed by atoms with Crippen LogP contribution in [0.4, 0.5) is 15.4 Å². The van der Waals surface area contributed by atoms with Crippen molar-refractivity contribution >= 4 is 35.5 Å². The summed E-state index contributed by atoms with van der Waals surface area (Å²) in [5.41, 5.74) is -0.294. The van der Waals surface area contributed by atoms with Crippen LogP contribution in [0.1, 0.15) is 43.2 Å². The maximum absolute atomic E-state index is 13.0. The van der Waals surface area contributed by atoms with Gasteiger partial charge in [0.25, 0.3) is 5.91 Å². The number of rotatable bonds is 2. The van der Waals surface area contributed by atoms with Gasteiger partial charge in [0.05, 0.1) is 5.02 Å². The van der Waals surface area contributed by atoms with Gasteiger partial charge in [-0.3, -0.25) is 9.78 Å². The number of fused-ring (bicyclic) bond motifs is 1. The molecule has 2 aliphatic rings. The largest absolute Gasteiger partial charge is 0.444 e. The van der Waals surface area contributed by atoms with Crippen molar-refractivity contribution in [1.82, 2.24) is 24.8 Å². The smallest absolute Gasteiger partial charge is 0.412 e. The van der Waals surface area contributed by atoms with Crippen LogP contribution < -0.4 is 4.90 Å². The first-order chi connectivity index (χ1) is 15.6. The van der Waals surface area contributed by atoms with Crippen molar-refractivity contribution in [3.63, 3.8) is 0 Å². The van der Waals surface area contributed by atoms with E-state index in [9.17, 15) is 14.4 Å². The third-order valence-corrected chi connectivity index (χ3v) is 5.20. The predicted octanol–water partition coefficient (Wildman–Crippen LogP) is 2.87. The van der Waals surface area contributed by atoms with E-state index in [1.165, 1.54) is 28.4 Å². The van der Waals surface area contributed by atoms with Crippen molar-refractivity contribution in [3.8, 4) is 0 Å². The van der Waals surface area contributed by atoms with E-state index in [-0.39, 0.29) is 30.3 Å². The van der Waals surface area contributed by atoms with Gasteiger partial charge < -0.3 is 19.3 Å². The van der Waals surface area contributed by atoms with E-state index in [2.05, 4.69) is 15.0 Å². The molecule has 1 atom stereocenters. The van der Waals surface area contributed by atoms with Crippen molar-refractivity contribution < 1.29 is 23.9 Å². The molecule has 0 N–H and O–H groups in total. The molecule has 0 radical (unpaired) electrons. The highest BCUT2D eigenvalue weighted by Gasteiger charge is 2.44. The maximum Gasteiger partial charge on any atom is 0.412 e. The molecule has 2 aromatic heterocycles. The second kappa shape index (κ2) is 8.81. The van der Waals surface area contributed by atoms with Gasteiger partial charge in [-0.15, -0.1) is 0 Å². The van der Waals surface area contributed by atoms with Crippen molar-refractivity contribution in [2.45, 2.75) is 32.6 Å². The Labute approximate surface area is 195 Å². The van der Waals surface area contributed by atoms with Crippen molar-refractivity contribution in [3.05, 3.63) is 47.1 Å². The van der Waals surface area contributed by atoms with Gasteiger partial charge in [-0.25, -0.2) is 24.5 Å². The zero-order chi connectivity index (χ0) is 23.8. The quantitative estimate of drug-likeness (QED) is 0.652. The van der Waals surface area contributed by atoms with Crippen LogP contribution in [0.25, 0.3) is 0 Å². The van der Waals surface area contributed by atoms with Gasteiger partial charge in [0.2, 0.25) is 6.23 Å². The van der Waals surface area contributed by atoms with Crippen LogP contribution in [0.2, 0.25) is 5.02 Å². The Morgan fingerprint density at radius 1 is 1.00 bits per heavy atom. The normalized spacial score (nSPS) is 18.2. The van der Waals surface area contributed by atoms with E-state index in [1.807, 2.05) is 0 Å². The van der Waals surface area contributed by atoms with Crippen molar-refractivity contribution in [2.24, 2.45) is 0 Å². The Kier molecular flexibility index (Phi) is 6.07. The number of nitrogens with zero attached hydrogens (tertiary/aromatic N) is 6. The molecule has 2 aliphatic heterocycles. The Morgan fingerprint density at radius 3 is 2.24 bits per heavy atom. The number of pyridine rings is 1. The summed E-state index contributed by atoms with van der Waals surface area (Å²) >= 11 is 5.92. The van der Waals surface area contributed by atoms with Crippen LogP contribution in [-0.2, 0) is 9.47 Å². The maximum atomic E-state index is 13.0. The highest BCUT2D eigenvalue weighted by atomic mass is 35.5. The summed E-state index contributed by atoms with van der Waals surface area (Å²) in [5.74, 6) is -0.239. The third-order valence-electron chi connectivity index (χ3n) is 4.98. The number of hydrogen-bond acceptors (Lipinski definition) is 8. The van der Waals surface area contributed by atoms with Crippen LogP contribution in [0.3, 0.4) is 0 Å². The number of halogens is 1. The van der Waals surface area contributed by atoms with Crippen LogP contribution in [-0.4, -0.2) is 74.6 Å². The highest BCUT2D eigenvalue weighted by Crippen LogP contribution is 2.35. The Balaban J connectivity index is 1.47. The Morgan fingerprint density at radius 2 is 1.64 bits per heavy atom. The summed E-state index contributed by atoms with van der Waals surface area (Å²) in [6, 6.07) is 3.13. The third kappa shape index (κ3) is 4.82. The molecular formula is C21H23ClN6O5. The molecule has 11 nitrogen and oxygen atoms in total. The molecule has 1 fully saturated rings. The highest BCUT2D eigenvalue weighted by molar-refractivity contribution is 6.30. The molecule has 3 amide bonds. The molecule has 2 aromatic rings. The molecule has 0 saturated carbocycles. The van der Waals surface area contributed by atoms with E-state index >= 15 is 0 Å². The van der Waals surface area contributed by atoms with Gasteiger partial charge in [-0.2, -0.15) is 0 Å². The van der Waals surface area contributed by atoms with Crippen LogP contribution in [0, 0.1) is 0 Å². The van der Waals surface area contributed by atoms with E-state index in [4.69, 9.17) is 21.1 Å². The second-order valence-corrected chi connectivity index (χ2v) is 8.93. The molecular weight excluding hydrogens is 452 g/mol.